The van der Waals surface area contributed by atoms with Gasteiger partial charge in [-0.3, -0.25) is 4.79 Å². The molecule has 4 rings (SSSR count). The Kier molecular flexibility index (Phi) is 8.86. The molecule has 2 heterocycles. The van der Waals surface area contributed by atoms with Gasteiger partial charge in [-0.1, -0.05) is 36.4 Å². The molecule has 2 N–H and O–H groups in total. The van der Waals surface area contributed by atoms with Gasteiger partial charge in [0.2, 0.25) is 5.91 Å². The van der Waals surface area contributed by atoms with E-state index >= 15 is 0 Å². The average Bonchev–Trinajstić information content (AvgIpc) is 3.31. The second-order valence-corrected chi connectivity index (χ2v) is 9.25. The molecular weight excluding hydrogens is 454 g/mol. The van der Waals surface area contributed by atoms with Crippen LogP contribution in [0, 0.1) is 5.92 Å². The van der Waals surface area contributed by atoms with Gasteiger partial charge in [0.1, 0.15) is 5.75 Å². The number of likely N-dealkylation sites (tertiary alicyclic amines) is 1. The molecule has 1 aliphatic heterocycles. The summed E-state index contributed by atoms with van der Waals surface area (Å²) in [4.78, 5) is 23.6. The quantitative estimate of drug-likeness (QED) is 0.428. The lowest BCUT2D eigenvalue weighted by atomic mass is 9.88. The van der Waals surface area contributed by atoms with Crippen LogP contribution in [0.3, 0.4) is 0 Å². The molecule has 2 aromatic carbocycles. The van der Waals surface area contributed by atoms with E-state index in [1.54, 1.807) is 26.6 Å². The Morgan fingerprint density at radius 3 is 2.25 bits per heavy atom. The minimum atomic E-state index is -0.0510. The Balaban J connectivity index is 1.27. The highest BCUT2D eigenvalue weighted by atomic mass is 16.5. The Hall–Kier alpha value is -3.49. The van der Waals surface area contributed by atoms with Crippen molar-refractivity contribution >= 4 is 5.91 Å². The molecule has 1 aromatic heterocycles. The zero-order chi connectivity index (χ0) is 25.3. The van der Waals surface area contributed by atoms with Crippen LogP contribution in [0.1, 0.15) is 28.2 Å². The van der Waals surface area contributed by atoms with Crippen molar-refractivity contribution in [2.24, 2.45) is 5.92 Å². The first-order valence-electron chi connectivity index (χ1n) is 12.3. The number of amides is 1. The standard InChI is InChI=1S/C28H35N5O3/c1-33-18-25(26(19-33)27(34)30-13-12-20-6-10-24(35-2)11-7-20)23-8-4-21(5-9-23)14-29-15-22-16-31-28(36-3)32-17-22/h4-11,16-17,25-26,29H,12-15,18-19H2,1-3H3,(H,30,34)/t25-,26-/m0/s1. The lowest BCUT2D eigenvalue weighted by Crippen LogP contribution is -2.35. The maximum Gasteiger partial charge on any atom is 0.316 e. The molecule has 0 aliphatic carbocycles. The number of hydrogen-bond donors (Lipinski definition) is 2. The van der Waals surface area contributed by atoms with Crippen LogP contribution >= 0.6 is 0 Å². The van der Waals surface area contributed by atoms with E-state index in [9.17, 15) is 4.79 Å². The van der Waals surface area contributed by atoms with Crippen LogP contribution in [0.5, 0.6) is 11.8 Å². The van der Waals surface area contributed by atoms with E-state index in [-0.39, 0.29) is 17.7 Å². The van der Waals surface area contributed by atoms with Gasteiger partial charge in [-0.15, -0.1) is 0 Å². The highest BCUT2D eigenvalue weighted by Crippen LogP contribution is 2.32. The Morgan fingerprint density at radius 2 is 1.58 bits per heavy atom. The van der Waals surface area contributed by atoms with Crippen LogP contribution in [-0.4, -0.2) is 61.7 Å². The summed E-state index contributed by atoms with van der Waals surface area (Å²) in [6.45, 7) is 3.70. The van der Waals surface area contributed by atoms with E-state index < -0.39 is 0 Å². The number of rotatable bonds is 11. The molecule has 1 fully saturated rings. The molecule has 190 valence electrons. The third-order valence-electron chi connectivity index (χ3n) is 6.64. The number of nitrogens with one attached hydrogen (secondary N) is 2. The number of benzene rings is 2. The smallest absolute Gasteiger partial charge is 0.316 e. The summed E-state index contributed by atoms with van der Waals surface area (Å²) in [5.74, 6) is 1.11. The zero-order valence-electron chi connectivity index (χ0n) is 21.2. The zero-order valence-corrected chi connectivity index (χ0v) is 21.2. The van der Waals surface area contributed by atoms with Gasteiger partial charge >= 0.3 is 6.01 Å². The summed E-state index contributed by atoms with van der Waals surface area (Å²) < 4.78 is 10.2. The van der Waals surface area contributed by atoms with E-state index in [4.69, 9.17) is 9.47 Å². The highest BCUT2D eigenvalue weighted by molar-refractivity contribution is 5.80. The van der Waals surface area contributed by atoms with Crippen LogP contribution < -0.4 is 20.1 Å². The van der Waals surface area contributed by atoms with Gasteiger partial charge in [-0.2, -0.15) is 0 Å². The van der Waals surface area contributed by atoms with Gasteiger partial charge in [-0.05, 0) is 42.3 Å². The lowest BCUT2D eigenvalue weighted by Gasteiger charge is -2.19. The largest absolute Gasteiger partial charge is 0.497 e. The number of ether oxygens (including phenoxy) is 2. The van der Waals surface area contributed by atoms with E-state index in [2.05, 4.69) is 56.8 Å². The molecule has 2 atom stereocenters. The molecular formula is C28H35N5O3. The second kappa shape index (κ2) is 12.5. The van der Waals surface area contributed by atoms with Crippen molar-refractivity contribution in [1.29, 1.82) is 0 Å². The molecule has 0 saturated carbocycles. The number of carbonyl (C=O) groups excluding carboxylic acids is 1. The third-order valence-corrected chi connectivity index (χ3v) is 6.64. The number of nitrogens with zero attached hydrogens (tertiary/aromatic N) is 3. The van der Waals surface area contributed by atoms with Crippen molar-refractivity contribution in [2.75, 3.05) is 40.9 Å². The van der Waals surface area contributed by atoms with Crippen molar-refractivity contribution in [3.05, 3.63) is 83.2 Å². The molecule has 1 amide bonds. The minimum Gasteiger partial charge on any atom is -0.497 e. The predicted octanol–water partition coefficient (Wildman–Crippen LogP) is 2.79. The summed E-state index contributed by atoms with van der Waals surface area (Å²) in [6, 6.07) is 17.0. The first kappa shape index (κ1) is 25.6. The number of carbonyl (C=O) groups is 1. The van der Waals surface area contributed by atoms with Crippen molar-refractivity contribution in [1.82, 2.24) is 25.5 Å². The van der Waals surface area contributed by atoms with Gasteiger partial charge < -0.3 is 25.0 Å². The van der Waals surface area contributed by atoms with Crippen LogP contribution in [0.2, 0.25) is 0 Å². The van der Waals surface area contributed by atoms with Gasteiger partial charge in [0.15, 0.2) is 0 Å². The SMILES string of the molecule is COc1ccc(CCNC(=O)[C@H]2CN(C)C[C@H]2c2ccc(CNCc3cnc(OC)nc3)cc2)cc1. The maximum atomic E-state index is 13.1. The van der Waals surface area contributed by atoms with Gasteiger partial charge in [0.25, 0.3) is 0 Å². The van der Waals surface area contributed by atoms with Crippen molar-refractivity contribution in [3.63, 3.8) is 0 Å². The first-order valence-corrected chi connectivity index (χ1v) is 12.3. The number of hydrogen-bond acceptors (Lipinski definition) is 7. The summed E-state index contributed by atoms with van der Waals surface area (Å²) in [7, 11) is 5.30. The number of aromatic nitrogens is 2. The van der Waals surface area contributed by atoms with Crippen LogP contribution in [0.15, 0.2) is 60.9 Å². The van der Waals surface area contributed by atoms with E-state index in [0.717, 1.165) is 37.4 Å². The summed E-state index contributed by atoms with van der Waals surface area (Å²) in [6.07, 6.45) is 4.33. The van der Waals surface area contributed by atoms with Gasteiger partial charge in [-0.25, -0.2) is 9.97 Å². The predicted molar refractivity (Wildman–Crippen MR) is 139 cm³/mol. The van der Waals surface area contributed by atoms with Crippen molar-refractivity contribution < 1.29 is 14.3 Å². The second-order valence-electron chi connectivity index (χ2n) is 9.25. The van der Waals surface area contributed by atoms with Crippen molar-refractivity contribution in [3.8, 4) is 11.8 Å². The summed E-state index contributed by atoms with van der Waals surface area (Å²) in [5.41, 5.74) is 4.59. The fourth-order valence-corrected chi connectivity index (χ4v) is 4.63. The molecule has 1 saturated heterocycles. The molecule has 3 aromatic rings. The Labute approximate surface area is 213 Å². The molecule has 8 nitrogen and oxygen atoms in total. The first-order chi connectivity index (χ1) is 17.6. The fraction of sp³-hybridized carbons (Fsp3) is 0.393. The number of likely N-dealkylation sites (N-methyl/N-ethyl adjacent to an activating group) is 1. The summed E-state index contributed by atoms with van der Waals surface area (Å²) in [5, 5.41) is 6.58. The van der Waals surface area contributed by atoms with E-state index in [0.29, 0.717) is 19.1 Å². The average molecular weight is 490 g/mol. The minimum absolute atomic E-state index is 0.0510. The van der Waals surface area contributed by atoms with E-state index in [1.807, 2.05) is 24.3 Å². The molecule has 1 aliphatic rings. The highest BCUT2D eigenvalue weighted by Gasteiger charge is 2.36. The Bertz CT molecular complexity index is 1100. The normalized spacial score (nSPS) is 17.6. The number of methoxy groups -OCH3 is 2. The van der Waals surface area contributed by atoms with Crippen LogP contribution in [0.4, 0.5) is 0 Å². The van der Waals surface area contributed by atoms with Gasteiger partial charge in [0, 0.05) is 56.6 Å². The van der Waals surface area contributed by atoms with Crippen molar-refractivity contribution in [2.45, 2.75) is 25.4 Å². The van der Waals surface area contributed by atoms with Crippen LogP contribution in [0.25, 0.3) is 0 Å². The maximum absolute atomic E-state index is 13.1. The topological polar surface area (TPSA) is 88.6 Å². The molecule has 0 bridgehead atoms. The lowest BCUT2D eigenvalue weighted by molar-refractivity contribution is -0.124. The monoisotopic (exact) mass is 489 g/mol. The molecule has 0 radical (unpaired) electrons. The third kappa shape index (κ3) is 6.80. The van der Waals surface area contributed by atoms with E-state index in [1.165, 1.54) is 16.7 Å². The Morgan fingerprint density at radius 1 is 0.917 bits per heavy atom. The fourth-order valence-electron chi connectivity index (χ4n) is 4.63. The van der Waals surface area contributed by atoms with Gasteiger partial charge in [0.05, 0.1) is 20.1 Å². The molecule has 8 heteroatoms. The molecule has 0 unspecified atom stereocenters. The van der Waals surface area contributed by atoms with Crippen LogP contribution in [-0.2, 0) is 24.3 Å². The summed E-state index contributed by atoms with van der Waals surface area (Å²) >= 11 is 0. The molecule has 0 spiro atoms. The molecule has 36 heavy (non-hydrogen) atoms.